The average molecular weight is 258 g/mol. The lowest BCUT2D eigenvalue weighted by atomic mass is 9.91. The van der Waals surface area contributed by atoms with Crippen molar-refractivity contribution in [3.8, 4) is 0 Å². The van der Waals surface area contributed by atoms with Gasteiger partial charge in [0.15, 0.2) is 5.82 Å². The van der Waals surface area contributed by atoms with Crippen LogP contribution in [-0.4, -0.2) is 34.3 Å². The molecule has 0 atom stereocenters. The average Bonchev–Trinajstić information content (AvgIpc) is 2.26. The summed E-state index contributed by atoms with van der Waals surface area (Å²) in [5, 5.41) is 9.05. The van der Waals surface area contributed by atoms with Crippen LogP contribution in [0.4, 0.5) is 5.82 Å². The van der Waals surface area contributed by atoms with Gasteiger partial charge in [0.25, 0.3) is 5.56 Å². The molecule has 94 valence electrons. The second kappa shape index (κ2) is 5.51. The highest BCUT2D eigenvalue weighted by molar-refractivity contribution is 6.32. The van der Waals surface area contributed by atoms with E-state index < -0.39 is 0 Å². The van der Waals surface area contributed by atoms with Crippen molar-refractivity contribution in [2.24, 2.45) is 0 Å². The highest BCUT2D eigenvalue weighted by Crippen LogP contribution is 2.30. The van der Waals surface area contributed by atoms with Crippen molar-refractivity contribution in [1.29, 1.82) is 0 Å². The van der Waals surface area contributed by atoms with Gasteiger partial charge in [0, 0.05) is 19.2 Å². The molecule has 0 aliphatic heterocycles. The van der Waals surface area contributed by atoms with E-state index in [1.165, 1.54) is 12.7 Å². The van der Waals surface area contributed by atoms with Crippen LogP contribution in [-0.2, 0) is 0 Å². The van der Waals surface area contributed by atoms with Gasteiger partial charge in [-0.1, -0.05) is 11.6 Å². The summed E-state index contributed by atoms with van der Waals surface area (Å²) in [4.78, 5) is 20.1. The van der Waals surface area contributed by atoms with Gasteiger partial charge < -0.3 is 15.0 Å². The molecule has 1 aliphatic carbocycles. The molecule has 17 heavy (non-hydrogen) atoms. The van der Waals surface area contributed by atoms with Crippen LogP contribution in [0.2, 0.25) is 5.02 Å². The zero-order valence-electron chi connectivity index (χ0n) is 9.53. The Balaban J connectivity index is 2.24. The molecule has 0 amide bonds. The Kier molecular flexibility index (Phi) is 4.02. The fourth-order valence-corrected chi connectivity index (χ4v) is 2.19. The standard InChI is InChI=1S/C11H16ClN3O2/c12-9-10(13-7-14-11(9)17)15(5-2-6-16)8-3-1-4-8/h7-8,16H,1-6H2,(H,13,14,17). The van der Waals surface area contributed by atoms with Gasteiger partial charge in [-0.25, -0.2) is 4.98 Å². The number of hydrogen-bond donors (Lipinski definition) is 2. The number of hydrogen-bond acceptors (Lipinski definition) is 4. The Morgan fingerprint density at radius 1 is 1.59 bits per heavy atom. The summed E-state index contributed by atoms with van der Waals surface area (Å²) in [6.45, 7) is 0.807. The first-order chi connectivity index (χ1) is 8.24. The van der Waals surface area contributed by atoms with Crippen molar-refractivity contribution in [3.05, 3.63) is 21.7 Å². The maximum atomic E-state index is 11.4. The molecule has 1 aromatic heterocycles. The van der Waals surface area contributed by atoms with Gasteiger partial charge >= 0.3 is 0 Å². The number of aliphatic hydroxyl groups excluding tert-OH is 1. The summed E-state index contributed by atoms with van der Waals surface area (Å²) in [7, 11) is 0. The number of rotatable bonds is 5. The molecule has 0 spiro atoms. The highest BCUT2D eigenvalue weighted by Gasteiger charge is 2.27. The molecule has 0 saturated heterocycles. The highest BCUT2D eigenvalue weighted by atomic mass is 35.5. The number of H-pyrrole nitrogens is 1. The first-order valence-corrected chi connectivity index (χ1v) is 6.22. The molecule has 1 aliphatic rings. The Bertz CT molecular complexity index is 431. The van der Waals surface area contributed by atoms with E-state index in [1.807, 2.05) is 4.90 Å². The fraction of sp³-hybridized carbons (Fsp3) is 0.636. The molecule has 1 heterocycles. The zero-order valence-corrected chi connectivity index (χ0v) is 10.3. The lowest BCUT2D eigenvalue weighted by Crippen LogP contribution is -2.42. The maximum Gasteiger partial charge on any atom is 0.271 e. The summed E-state index contributed by atoms with van der Waals surface area (Å²) in [6, 6.07) is 0.397. The summed E-state index contributed by atoms with van der Waals surface area (Å²) in [6.07, 6.45) is 5.41. The van der Waals surface area contributed by atoms with E-state index in [0.717, 1.165) is 12.8 Å². The third-order valence-corrected chi connectivity index (χ3v) is 3.46. The van der Waals surface area contributed by atoms with Crippen molar-refractivity contribution in [2.75, 3.05) is 18.1 Å². The van der Waals surface area contributed by atoms with Crippen LogP contribution in [0, 0.1) is 0 Å². The zero-order chi connectivity index (χ0) is 12.3. The van der Waals surface area contributed by atoms with Crippen LogP contribution in [0.15, 0.2) is 11.1 Å². The molecule has 0 bridgehead atoms. The monoisotopic (exact) mass is 257 g/mol. The normalized spacial score (nSPS) is 15.6. The molecular formula is C11H16ClN3O2. The second-order valence-electron chi connectivity index (χ2n) is 4.22. The third kappa shape index (κ3) is 2.61. The minimum atomic E-state index is -0.315. The number of nitrogens with zero attached hydrogens (tertiary/aromatic N) is 2. The Morgan fingerprint density at radius 3 is 2.94 bits per heavy atom. The lowest BCUT2D eigenvalue weighted by Gasteiger charge is -2.38. The number of halogens is 1. The van der Waals surface area contributed by atoms with Crippen LogP contribution < -0.4 is 10.5 Å². The number of anilines is 1. The van der Waals surface area contributed by atoms with Crippen molar-refractivity contribution in [2.45, 2.75) is 31.7 Å². The first kappa shape index (κ1) is 12.4. The van der Waals surface area contributed by atoms with Crippen LogP contribution in [0.25, 0.3) is 0 Å². The lowest BCUT2D eigenvalue weighted by molar-refractivity contribution is 0.282. The van der Waals surface area contributed by atoms with Gasteiger partial charge in [0.1, 0.15) is 5.02 Å². The predicted molar refractivity (Wildman–Crippen MR) is 66.6 cm³/mol. The van der Waals surface area contributed by atoms with Crippen molar-refractivity contribution in [1.82, 2.24) is 9.97 Å². The molecule has 5 nitrogen and oxygen atoms in total. The topological polar surface area (TPSA) is 69.2 Å². The fourth-order valence-electron chi connectivity index (χ4n) is 1.97. The number of aromatic nitrogens is 2. The summed E-state index contributed by atoms with van der Waals surface area (Å²) >= 11 is 5.98. The molecule has 2 rings (SSSR count). The maximum absolute atomic E-state index is 11.4. The van der Waals surface area contributed by atoms with Gasteiger partial charge in [0.05, 0.1) is 6.33 Å². The molecule has 1 saturated carbocycles. The minimum Gasteiger partial charge on any atom is -0.396 e. The van der Waals surface area contributed by atoms with Crippen LogP contribution in [0.5, 0.6) is 0 Å². The van der Waals surface area contributed by atoms with Crippen molar-refractivity contribution >= 4 is 17.4 Å². The number of nitrogens with one attached hydrogen (secondary N) is 1. The number of aromatic amines is 1. The van der Waals surface area contributed by atoms with E-state index in [9.17, 15) is 4.79 Å². The quantitative estimate of drug-likeness (QED) is 0.831. The molecule has 2 N–H and O–H groups in total. The molecule has 0 unspecified atom stereocenters. The van der Waals surface area contributed by atoms with Gasteiger partial charge in [0.2, 0.25) is 0 Å². The smallest absolute Gasteiger partial charge is 0.271 e. The van der Waals surface area contributed by atoms with E-state index in [-0.39, 0.29) is 17.2 Å². The van der Waals surface area contributed by atoms with Crippen LogP contribution >= 0.6 is 11.6 Å². The molecule has 1 fully saturated rings. The van der Waals surface area contributed by atoms with Crippen molar-refractivity contribution in [3.63, 3.8) is 0 Å². The van der Waals surface area contributed by atoms with Crippen LogP contribution in [0.3, 0.4) is 0 Å². The SMILES string of the molecule is O=c1[nH]cnc(N(CCCO)C2CCC2)c1Cl. The third-order valence-electron chi connectivity index (χ3n) is 3.12. The second-order valence-corrected chi connectivity index (χ2v) is 4.60. The van der Waals surface area contributed by atoms with E-state index >= 15 is 0 Å². The van der Waals surface area contributed by atoms with E-state index in [0.29, 0.717) is 24.8 Å². The van der Waals surface area contributed by atoms with Gasteiger partial charge in [-0.3, -0.25) is 4.79 Å². The summed E-state index contributed by atoms with van der Waals surface area (Å²) < 4.78 is 0. The van der Waals surface area contributed by atoms with E-state index in [1.54, 1.807) is 0 Å². The molecular weight excluding hydrogens is 242 g/mol. The molecule has 6 heteroatoms. The van der Waals surface area contributed by atoms with Gasteiger partial charge in [-0.2, -0.15) is 0 Å². The van der Waals surface area contributed by atoms with Gasteiger partial charge in [-0.15, -0.1) is 0 Å². The Morgan fingerprint density at radius 2 is 2.35 bits per heavy atom. The van der Waals surface area contributed by atoms with Crippen LogP contribution in [0.1, 0.15) is 25.7 Å². The summed E-state index contributed by atoms with van der Waals surface area (Å²) in [5.41, 5.74) is -0.315. The Hall–Kier alpha value is -1.07. The predicted octanol–water partition coefficient (Wildman–Crippen LogP) is 1.16. The minimum absolute atomic E-state index is 0.129. The van der Waals surface area contributed by atoms with E-state index in [2.05, 4.69) is 9.97 Å². The Labute approximate surface area is 104 Å². The summed E-state index contributed by atoms with van der Waals surface area (Å²) in [5.74, 6) is 0.536. The molecule has 0 aromatic carbocycles. The molecule has 1 aromatic rings. The first-order valence-electron chi connectivity index (χ1n) is 5.84. The van der Waals surface area contributed by atoms with E-state index in [4.69, 9.17) is 16.7 Å². The molecule has 0 radical (unpaired) electrons. The van der Waals surface area contributed by atoms with Crippen molar-refractivity contribution < 1.29 is 5.11 Å². The number of aliphatic hydroxyl groups is 1. The van der Waals surface area contributed by atoms with Gasteiger partial charge in [-0.05, 0) is 25.7 Å². The largest absolute Gasteiger partial charge is 0.396 e.